The zero-order chi connectivity index (χ0) is 14.4. The molecular formula is C20H18Cl2Ti. The van der Waals surface area contributed by atoms with E-state index >= 15 is 0 Å². The largest absolute Gasteiger partial charge is 1.00 e. The van der Waals surface area contributed by atoms with Crippen molar-refractivity contribution < 1.29 is 44.0 Å². The van der Waals surface area contributed by atoms with Crippen molar-refractivity contribution in [1.29, 1.82) is 0 Å². The third kappa shape index (κ3) is 3.11. The van der Waals surface area contributed by atoms with Crippen LogP contribution in [-0.2, 0) is 19.2 Å². The van der Waals surface area contributed by atoms with Crippen LogP contribution in [0, 0.1) is 5.92 Å². The van der Waals surface area contributed by atoms with Crippen molar-refractivity contribution in [2.75, 3.05) is 0 Å². The molecule has 2 aromatic rings. The SMILES string of the molecule is CC1=[C]([Ti+2][CH]2c3ccccc3-c3ccccc32)C(C)C=C1.[Cl-].[Cl-]. The molecule has 1 atom stereocenters. The molecule has 1 unspecified atom stereocenters. The monoisotopic (exact) mass is 376 g/mol. The van der Waals surface area contributed by atoms with Crippen LogP contribution < -0.4 is 24.8 Å². The van der Waals surface area contributed by atoms with Crippen LogP contribution in [0.2, 0.25) is 0 Å². The topological polar surface area (TPSA) is 0 Å². The summed E-state index contributed by atoms with van der Waals surface area (Å²) in [6.45, 7) is 4.63. The molecule has 0 saturated heterocycles. The molecule has 116 valence electrons. The number of benzene rings is 2. The Labute approximate surface area is 159 Å². The molecule has 0 heterocycles. The molecule has 0 aliphatic heterocycles. The van der Waals surface area contributed by atoms with Gasteiger partial charge in [-0.15, -0.1) is 0 Å². The van der Waals surface area contributed by atoms with Gasteiger partial charge in [0.05, 0.1) is 0 Å². The maximum absolute atomic E-state index is 2.36. The van der Waals surface area contributed by atoms with Crippen LogP contribution in [0.15, 0.2) is 70.1 Å². The van der Waals surface area contributed by atoms with Gasteiger partial charge in [-0.2, -0.15) is 0 Å². The normalized spacial score (nSPS) is 17.9. The minimum Gasteiger partial charge on any atom is -1.00 e. The third-order valence-electron chi connectivity index (χ3n) is 4.65. The Morgan fingerprint density at radius 3 is 1.83 bits per heavy atom. The molecule has 0 saturated carbocycles. The molecule has 0 fully saturated rings. The van der Waals surface area contributed by atoms with Crippen LogP contribution in [0.5, 0.6) is 0 Å². The molecule has 3 heteroatoms. The molecule has 4 rings (SSSR count). The molecular weight excluding hydrogens is 359 g/mol. The first-order valence-electron chi connectivity index (χ1n) is 7.59. The van der Waals surface area contributed by atoms with Crippen molar-refractivity contribution in [1.82, 2.24) is 0 Å². The van der Waals surface area contributed by atoms with Gasteiger partial charge in [-0.05, 0) is 0 Å². The van der Waals surface area contributed by atoms with Crippen molar-refractivity contribution in [2.24, 2.45) is 5.92 Å². The van der Waals surface area contributed by atoms with Crippen molar-refractivity contribution in [3.63, 3.8) is 0 Å². The molecule has 0 nitrogen and oxygen atoms in total. The van der Waals surface area contributed by atoms with Gasteiger partial charge in [0.2, 0.25) is 0 Å². The maximum Gasteiger partial charge on any atom is -1.00 e. The van der Waals surface area contributed by atoms with E-state index < -0.39 is 0 Å². The third-order valence-corrected chi connectivity index (χ3v) is 7.88. The summed E-state index contributed by atoms with van der Waals surface area (Å²) in [5.74, 6) is 0.643. The first kappa shape index (κ1) is 18.6. The van der Waals surface area contributed by atoms with Crippen LogP contribution in [0.1, 0.15) is 29.2 Å². The van der Waals surface area contributed by atoms with E-state index in [1.807, 2.05) is 0 Å². The summed E-state index contributed by atoms with van der Waals surface area (Å²) in [6, 6.07) is 18.0. The molecule has 2 aromatic carbocycles. The number of rotatable bonds is 2. The number of fused-ring (bicyclic) bond motifs is 3. The Balaban J connectivity index is 0.000000960. The van der Waals surface area contributed by atoms with Gasteiger partial charge in [0, 0.05) is 0 Å². The van der Waals surface area contributed by atoms with Gasteiger partial charge in [0.1, 0.15) is 0 Å². The van der Waals surface area contributed by atoms with Crippen molar-refractivity contribution in [3.05, 3.63) is 81.3 Å². The quantitative estimate of drug-likeness (QED) is 0.610. The molecule has 2 aliphatic carbocycles. The summed E-state index contributed by atoms with van der Waals surface area (Å²) in [6.07, 6.45) is 4.68. The Bertz CT molecular complexity index is 731. The zero-order valence-corrected chi connectivity index (χ0v) is 16.3. The molecule has 2 aliphatic rings. The summed E-state index contributed by atoms with van der Waals surface area (Å²) in [5.41, 5.74) is 7.54. The minimum absolute atomic E-state index is 0. The van der Waals surface area contributed by atoms with Crippen LogP contribution in [-0.4, -0.2) is 0 Å². The van der Waals surface area contributed by atoms with Crippen molar-refractivity contribution in [2.45, 2.75) is 18.1 Å². The van der Waals surface area contributed by atoms with E-state index in [2.05, 4.69) is 74.5 Å². The van der Waals surface area contributed by atoms with E-state index in [0.29, 0.717) is 10.1 Å². The van der Waals surface area contributed by atoms with Crippen LogP contribution >= 0.6 is 0 Å². The number of allylic oxidation sites excluding steroid dienone is 4. The fourth-order valence-corrected chi connectivity index (χ4v) is 6.35. The van der Waals surface area contributed by atoms with E-state index in [4.69, 9.17) is 0 Å². The first-order valence-corrected chi connectivity index (χ1v) is 9.27. The Hall–Kier alpha value is -0.786. The minimum atomic E-state index is -0.183. The fourth-order valence-electron chi connectivity index (χ4n) is 3.55. The van der Waals surface area contributed by atoms with Crippen LogP contribution in [0.3, 0.4) is 0 Å². The second-order valence-corrected chi connectivity index (χ2v) is 8.19. The second kappa shape index (κ2) is 7.41. The van der Waals surface area contributed by atoms with Gasteiger partial charge in [-0.3, -0.25) is 0 Å². The van der Waals surface area contributed by atoms with E-state index in [0.717, 1.165) is 0 Å². The number of hydrogen-bond acceptors (Lipinski definition) is 0. The summed E-state index contributed by atoms with van der Waals surface area (Å²) < 4.78 is 2.37. The van der Waals surface area contributed by atoms with Crippen molar-refractivity contribution in [3.8, 4) is 11.1 Å². The summed E-state index contributed by atoms with van der Waals surface area (Å²) in [7, 11) is 0. The number of halogens is 2. The van der Waals surface area contributed by atoms with E-state index in [1.54, 1.807) is 15.0 Å². The van der Waals surface area contributed by atoms with Crippen LogP contribution in [0.25, 0.3) is 11.1 Å². The van der Waals surface area contributed by atoms with Gasteiger partial charge < -0.3 is 24.8 Å². The molecule has 0 N–H and O–H groups in total. The van der Waals surface area contributed by atoms with Gasteiger partial charge in [0.15, 0.2) is 0 Å². The summed E-state index contributed by atoms with van der Waals surface area (Å²) >= 11 is -0.183. The summed E-state index contributed by atoms with van der Waals surface area (Å²) in [4.78, 5) is 0. The van der Waals surface area contributed by atoms with E-state index in [1.165, 1.54) is 16.7 Å². The smallest absolute Gasteiger partial charge is 1.00 e. The summed E-state index contributed by atoms with van der Waals surface area (Å²) in [5, 5.41) is 0. The second-order valence-electron chi connectivity index (χ2n) is 6.00. The number of hydrogen-bond donors (Lipinski definition) is 0. The van der Waals surface area contributed by atoms with Crippen LogP contribution in [0.4, 0.5) is 0 Å². The average molecular weight is 377 g/mol. The average Bonchev–Trinajstić information content (AvgIpc) is 3.01. The Morgan fingerprint density at radius 2 is 1.35 bits per heavy atom. The molecule has 0 bridgehead atoms. The van der Waals surface area contributed by atoms with Gasteiger partial charge in [-0.1, -0.05) is 0 Å². The predicted molar refractivity (Wildman–Crippen MR) is 84.7 cm³/mol. The maximum atomic E-state index is 2.36. The molecule has 0 radical (unpaired) electrons. The Morgan fingerprint density at radius 1 is 0.826 bits per heavy atom. The predicted octanol–water partition coefficient (Wildman–Crippen LogP) is -0.673. The zero-order valence-electron chi connectivity index (χ0n) is 13.2. The van der Waals surface area contributed by atoms with E-state index in [9.17, 15) is 0 Å². The van der Waals surface area contributed by atoms with E-state index in [-0.39, 0.29) is 44.0 Å². The first-order chi connectivity index (χ1) is 10.3. The molecule has 0 amide bonds. The standard InChI is InChI=1S/C13H9.C7H9.2ClH.Ti/c1-3-7-12-10(5-1)9-11-6-2-4-8-13(11)12;1-6-3-4-7(2)5-6;;;/h1-9H;3-4,6H,1-2H3;2*1H;/q;;;;+2/p-2. The Kier molecular flexibility index (Phi) is 5.97. The van der Waals surface area contributed by atoms with Gasteiger partial charge in [-0.25, -0.2) is 0 Å². The van der Waals surface area contributed by atoms with Crippen molar-refractivity contribution >= 4 is 0 Å². The molecule has 0 spiro atoms. The fraction of sp³-hybridized carbons (Fsp3) is 0.200. The van der Waals surface area contributed by atoms with Gasteiger partial charge in [0.25, 0.3) is 0 Å². The molecule has 23 heavy (non-hydrogen) atoms. The van der Waals surface area contributed by atoms with Gasteiger partial charge >= 0.3 is 136 Å². The molecule has 0 aromatic heterocycles.